The van der Waals surface area contributed by atoms with E-state index in [-0.39, 0.29) is 17.8 Å². The number of nitrogens with zero attached hydrogens (tertiary/aromatic N) is 1. The van der Waals surface area contributed by atoms with E-state index in [1.54, 1.807) is 0 Å². The molecule has 0 amide bonds. The van der Waals surface area contributed by atoms with Gasteiger partial charge in [0.15, 0.2) is 5.78 Å². The summed E-state index contributed by atoms with van der Waals surface area (Å²) >= 11 is 0. The molecule has 0 saturated heterocycles. The first-order valence-electron chi connectivity index (χ1n) is 10.5. The van der Waals surface area contributed by atoms with Crippen molar-refractivity contribution in [2.45, 2.75) is 59.8 Å². The molecule has 2 rings (SSSR count). The number of Topliss-reactive ketones (excluding diaryl/α,β-unsaturated/α-hetero) is 1. The lowest BCUT2D eigenvalue weighted by atomic mass is 9.70. The van der Waals surface area contributed by atoms with Gasteiger partial charge in [-0.1, -0.05) is 71.0 Å². The van der Waals surface area contributed by atoms with Crippen LogP contribution in [0.25, 0.3) is 0 Å². The van der Waals surface area contributed by atoms with Gasteiger partial charge in [-0.3, -0.25) is 4.79 Å². The highest BCUT2D eigenvalue weighted by Gasteiger charge is 2.31. The Balaban J connectivity index is 2.36. The standard InChI is InChI=1S/C25H35N3O2/c1-7-25(8-2,19-11-9-18(10-12-19)23(26)28-27)20-13-14-21(17(3)15-20)30-16-22(29)24(4,5)6/h9-15H,7-8,16,27H2,1-6H3,(H2,26,28). The van der Waals surface area contributed by atoms with Crippen molar-refractivity contribution in [1.29, 1.82) is 0 Å². The number of carbonyl (C=O) groups excluding carboxylic acids is 1. The van der Waals surface area contributed by atoms with Crippen LogP contribution in [0.2, 0.25) is 0 Å². The number of benzene rings is 2. The molecule has 30 heavy (non-hydrogen) atoms. The zero-order valence-corrected chi connectivity index (χ0v) is 19.1. The predicted molar refractivity (Wildman–Crippen MR) is 124 cm³/mol. The molecule has 0 fully saturated rings. The molecule has 5 heteroatoms. The summed E-state index contributed by atoms with van der Waals surface area (Å²) in [5.74, 6) is 6.46. The molecule has 0 radical (unpaired) electrons. The number of ketones is 1. The van der Waals surface area contributed by atoms with E-state index in [9.17, 15) is 4.79 Å². The molecule has 162 valence electrons. The van der Waals surface area contributed by atoms with Gasteiger partial charge >= 0.3 is 0 Å². The van der Waals surface area contributed by atoms with Crippen LogP contribution < -0.4 is 16.3 Å². The van der Waals surface area contributed by atoms with Gasteiger partial charge < -0.3 is 16.3 Å². The number of aryl methyl sites for hydroxylation is 1. The maximum absolute atomic E-state index is 12.2. The van der Waals surface area contributed by atoms with Crippen LogP contribution >= 0.6 is 0 Å². The van der Waals surface area contributed by atoms with Gasteiger partial charge in [0.1, 0.15) is 18.2 Å². The second kappa shape index (κ2) is 9.33. The fraction of sp³-hybridized carbons (Fsp3) is 0.440. The number of hydrazone groups is 1. The van der Waals surface area contributed by atoms with Gasteiger partial charge in [-0.05, 0) is 42.5 Å². The number of rotatable bonds is 8. The van der Waals surface area contributed by atoms with Crippen molar-refractivity contribution in [3.63, 3.8) is 0 Å². The van der Waals surface area contributed by atoms with Crippen molar-refractivity contribution in [1.82, 2.24) is 0 Å². The third-order valence-corrected chi connectivity index (χ3v) is 6.00. The third-order valence-electron chi connectivity index (χ3n) is 6.00. The lowest BCUT2D eigenvalue weighted by Crippen LogP contribution is -2.27. The Kier molecular flexibility index (Phi) is 7.30. The van der Waals surface area contributed by atoms with Crippen LogP contribution in [-0.4, -0.2) is 18.2 Å². The van der Waals surface area contributed by atoms with Crippen LogP contribution in [0.5, 0.6) is 5.75 Å². The van der Waals surface area contributed by atoms with Gasteiger partial charge in [0.25, 0.3) is 0 Å². The average molecular weight is 410 g/mol. The summed E-state index contributed by atoms with van der Waals surface area (Å²) in [5.41, 5.74) is 9.58. The van der Waals surface area contributed by atoms with Crippen molar-refractivity contribution < 1.29 is 9.53 Å². The first kappa shape index (κ1) is 23.5. The molecule has 2 aromatic rings. The molecule has 0 aromatic heterocycles. The molecule has 0 aliphatic rings. The van der Waals surface area contributed by atoms with E-state index in [0.29, 0.717) is 5.84 Å². The summed E-state index contributed by atoms with van der Waals surface area (Å²) in [5, 5.41) is 3.57. The molecule has 0 unspecified atom stereocenters. The maximum atomic E-state index is 12.2. The number of ether oxygens (including phenoxy) is 1. The minimum atomic E-state index is -0.405. The van der Waals surface area contributed by atoms with Crippen molar-refractivity contribution in [2.75, 3.05) is 6.61 Å². The monoisotopic (exact) mass is 409 g/mol. The Morgan fingerprint density at radius 3 is 2.03 bits per heavy atom. The van der Waals surface area contributed by atoms with Gasteiger partial charge in [-0.15, -0.1) is 0 Å². The molecule has 0 aliphatic heterocycles. The normalized spacial score (nSPS) is 12.7. The van der Waals surface area contributed by atoms with Crippen LogP contribution in [0.1, 0.15) is 69.7 Å². The van der Waals surface area contributed by atoms with Gasteiger partial charge in [-0.25, -0.2) is 0 Å². The predicted octanol–water partition coefficient (Wildman–Crippen LogP) is 4.67. The van der Waals surface area contributed by atoms with E-state index in [0.717, 1.165) is 29.7 Å². The minimum Gasteiger partial charge on any atom is -0.486 e. The van der Waals surface area contributed by atoms with E-state index in [1.807, 2.05) is 45.9 Å². The highest BCUT2D eigenvalue weighted by atomic mass is 16.5. The van der Waals surface area contributed by atoms with E-state index in [2.05, 4.69) is 43.2 Å². The number of hydrogen-bond acceptors (Lipinski definition) is 4. The Morgan fingerprint density at radius 1 is 1.00 bits per heavy atom. The lowest BCUT2D eigenvalue weighted by Gasteiger charge is -2.34. The molecular weight excluding hydrogens is 374 g/mol. The molecule has 0 aliphatic carbocycles. The Labute approximate surface area is 180 Å². The van der Waals surface area contributed by atoms with Gasteiger partial charge in [0.2, 0.25) is 0 Å². The molecule has 4 N–H and O–H groups in total. The Hall–Kier alpha value is -2.82. The highest BCUT2D eigenvalue weighted by Crippen LogP contribution is 2.40. The van der Waals surface area contributed by atoms with Crippen LogP contribution in [0.15, 0.2) is 47.6 Å². The lowest BCUT2D eigenvalue weighted by molar-refractivity contribution is -0.128. The molecule has 5 nitrogen and oxygen atoms in total. The summed E-state index contributed by atoms with van der Waals surface area (Å²) < 4.78 is 5.83. The van der Waals surface area contributed by atoms with Crippen LogP contribution in [-0.2, 0) is 10.2 Å². The fourth-order valence-corrected chi connectivity index (χ4v) is 3.74. The van der Waals surface area contributed by atoms with Crippen molar-refractivity contribution >= 4 is 11.6 Å². The molecule has 0 bridgehead atoms. The first-order valence-corrected chi connectivity index (χ1v) is 10.5. The zero-order chi connectivity index (χ0) is 22.5. The molecule has 0 spiro atoms. The fourth-order valence-electron chi connectivity index (χ4n) is 3.74. The van der Waals surface area contributed by atoms with E-state index < -0.39 is 5.41 Å². The molecule has 0 atom stereocenters. The number of hydrogen-bond donors (Lipinski definition) is 2. The Bertz CT molecular complexity index is 905. The Morgan fingerprint density at radius 2 is 1.57 bits per heavy atom. The van der Waals surface area contributed by atoms with Crippen LogP contribution in [0.4, 0.5) is 0 Å². The molecular formula is C25H35N3O2. The topological polar surface area (TPSA) is 90.7 Å². The highest BCUT2D eigenvalue weighted by molar-refractivity contribution is 5.97. The quantitative estimate of drug-likeness (QED) is 0.287. The van der Waals surface area contributed by atoms with Crippen molar-refractivity contribution in [3.05, 3.63) is 64.7 Å². The zero-order valence-electron chi connectivity index (χ0n) is 19.1. The van der Waals surface area contributed by atoms with Gasteiger partial charge in [0.05, 0.1) is 0 Å². The largest absolute Gasteiger partial charge is 0.486 e. The number of nitrogens with two attached hydrogens (primary N) is 2. The molecule has 0 saturated carbocycles. The smallest absolute Gasteiger partial charge is 0.175 e. The van der Waals surface area contributed by atoms with Gasteiger partial charge in [-0.2, -0.15) is 5.10 Å². The molecule has 2 aromatic carbocycles. The summed E-state index contributed by atoms with van der Waals surface area (Å²) in [6, 6.07) is 14.4. The summed E-state index contributed by atoms with van der Waals surface area (Å²) in [6.45, 7) is 12.2. The second-order valence-electron chi connectivity index (χ2n) is 8.82. The molecule has 0 heterocycles. The van der Waals surface area contributed by atoms with Crippen molar-refractivity contribution in [3.8, 4) is 5.75 Å². The van der Waals surface area contributed by atoms with Gasteiger partial charge in [0, 0.05) is 16.4 Å². The van der Waals surface area contributed by atoms with E-state index in [4.69, 9.17) is 16.3 Å². The van der Waals surface area contributed by atoms with Crippen molar-refractivity contribution in [2.24, 2.45) is 22.1 Å². The minimum absolute atomic E-state index is 0.0853. The number of amidine groups is 1. The summed E-state index contributed by atoms with van der Waals surface area (Å²) in [7, 11) is 0. The third kappa shape index (κ3) is 4.84. The van der Waals surface area contributed by atoms with E-state index in [1.165, 1.54) is 11.1 Å². The SMILES string of the molecule is CCC(CC)(c1ccc(/C(N)=N/N)cc1)c1ccc(OCC(=O)C(C)(C)C)c(C)c1. The maximum Gasteiger partial charge on any atom is 0.175 e. The average Bonchev–Trinajstić information content (AvgIpc) is 2.73. The number of carbonyl (C=O) groups is 1. The summed E-state index contributed by atoms with van der Waals surface area (Å²) in [6.07, 6.45) is 1.90. The van der Waals surface area contributed by atoms with E-state index >= 15 is 0 Å². The summed E-state index contributed by atoms with van der Waals surface area (Å²) in [4.78, 5) is 12.2. The van der Waals surface area contributed by atoms with Crippen LogP contribution in [0, 0.1) is 12.3 Å². The first-order chi connectivity index (χ1) is 14.1. The second-order valence-corrected chi connectivity index (χ2v) is 8.82. The van der Waals surface area contributed by atoms with Crippen LogP contribution in [0.3, 0.4) is 0 Å².